The summed E-state index contributed by atoms with van der Waals surface area (Å²) in [4.78, 5) is 41.9. The third-order valence-electron chi connectivity index (χ3n) is 7.88. The maximum Gasteiger partial charge on any atom is 0.321 e. The van der Waals surface area contributed by atoms with Gasteiger partial charge in [-0.3, -0.25) is 19.8 Å². The van der Waals surface area contributed by atoms with E-state index in [9.17, 15) is 22.8 Å². The lowest BCUT2D eigenvalue weighted by atomic mass is 9.94. The molecule has 228 valence electrons. The number of hydrogen-bond acceptors (Lipinski definition) is 7. The van der Waals surface area contributed by atoms with Crippen LogP contribution in [-0.2, 0) is 29.5 Å². The zero-order chi connectivity index (χ0) is 30.7. The minimum Gasteiger partial charge on any atom is -0.341 e. The number of piperidine rings is 1. The second-order valence-electron chi connectivity index (χ2n) is 11.4. The molecular formula is C31H37N5O5S2. The summed E-state index contributed by atoms with van der Waals surface area (Å²) in [6.07, 6.45) is 1.58. The SMILES string of the molecule is CNC(=O)NC(=O)c1c(NC(=O)c2ccc(S(=O)(=O)N3CC(C)CC(C)C3)cc2)sc2c1CCN(Cc1ccccc1)C2. The molecule has 10 nitrogen and oxygen atoms in total. The van der Waals surface area contributed by atoms with Crippen LogP contribution in [0.3, 0.4) is 0 Å². The molecule has 4 amide bonds. The predicted octanol–water partition coefficient (Wildman–Crippen LogP) is 4.29. The molecule has 2 aromatic carbocycles. The summed E-state index contributed by atoms with van der Waals surface area (Å²) in [5.41, 5.74) is 2.54. The van der Waals surface area contributed by atoms with Crippen LogP contribution >= 0.6 is 11.3 Å². The topological polar surface area (TPSA) is 128 Å². The van der Waals surface area contributed by atoms with Gasteiger partial charge >= 0.3 is 6.03 Å². The second-order valence-corrected chi connectivity index (χ2v) is 14.5. The number of imide groups is 1. The molecule has 2 atom stereocenters. The fraction of sp³-hybridized carbons (Fsp3) is 0.387. The average molecular weight is 624 g/mol. The second kappa shape index (κ2) is 13.0. The number of rotatable bonds is 7. The zero-order valence-corrected chi connectivity index (χ0v) is 26.2. The Hall–Kier alpha value is -3.58. The molecule has 2 aliphatic rings. The molecule has 1 saturated heterocycles. The number of nitrogens with zero attached hydrogens (tertiary/aromatic N) is 2. The summed E-state index contributed by atoms with van der Waals surface area (Å²) >= 11 is 1.32. The smallest absolute Gasteiger partial charge is 0.321 e. The van der Waals surface area contributed by atoms with Crippen molar-refractivity contribution < 1.29 is 22.8 Å². The third kappa shape index (κ3) is 6.98. The number of benzene rings is 2. The van der Waals surface area contributed by atoms with E-state index < -0.39 is 27.9 Å². The van der Waals surface area contributed by atoms with Gasteiger partial charge in [-0.25, -0.2) is 13.2 Å². The van der Waals surface area contributed by atoms with Gasteiger partial charge in [0.05, 0.1) is 10.5 Å². The van der Waals surface area contributed by atoms with E-state index in [2.05, 4.69) is 46.8 Å². The molecule has 0 aliphatic carbocycles. The Morgan fingerprint density at radius 2 is 1.63 bits per heavy atom. The van der Waals surface area contributed by atoms with Crippen LogP contribution in [0.4, 0.5) is 9.80 Å². The van der Waals surface area contributed by atoms with Crippen LogP contribution in [0.5, 0.6) is 0 Å². The molecule has 0 spiro atoms. The molecule has 0 saturated carbocycles. The Kier molecular flexibility index (Phi) is 9.30. The number of nitrogens with one attached hydrogen (secondary N) is 3. The molecule has 43 heavy (non-hydrogen) atoms. The Morgan fingerprint density at radius 3 is 2.28 bits per heavy atom. The largest absolute Gasteiger partial charge is 0.341 e. The van der Waals surface area contributed by atoms with Crippen molar-refractivity contribution in [2.24, 2.45) is 11.8 Å². The summed E-state index contributed by atoms with van der Waals surface area (Å²) in [7, 11) is -2.26. The standard InChI is InChI=1S/C31H37N5O5S2/c1-20-15-21(2)17-36(16-20)43(40,41)24-11-9-23(10-12-24)28(37)33-30-27(29(38)34-31(39)32-3)25-13-14-35(19-26(25)42-30)18-22-7-5-4-6-8-22/h4-12,20-21H,13-19H2,1-3H3,(H,33,37)(H2,32,34,38,39). The Balaban J connectivity index is 1.36. The number of sulfonamides is 1. The van der Waals surface area contributed by atoms with Crippen molar-refractivity contribution in [3.63, 3.8) is 0 Å². The quantitative estimate of drug-likeness (QED) is 0.360. The highest BCUT2D eigenvalue weighted by Crippen LogP contribution is 2.38. The van der Waals surface area contributed by atoms with Crippen LogP contribution in [-0.4, -0.2) is 62.2 Å². The van der Waals surface area contributed by atoms with E-state index in [0.717, 1.165) is 30.0 Å². The van der Waals surface area contributed by atoms with Gasteiger partial charge in [0.15, 0.2) is 0 Å². The summed E-state index contributed by atoms with van der Waals surface area (Å²) in [6.45, 7) is 7.13. The molecule has 12 heteroatoms. The fourth-order valence-corrected chi connectivity index (χ4v) is 8.86. The molecule has 1 fully saturated rings. The van der Waals surface area contributed by atoms with E-state index in [0.29, 0.717) is 31.1 Å². The van der Waals surface area contributed by atoms with E-state index in [1.807, 2.05) is 18.2 Å². The van der Waals surface area contributed by atoms with Gasteiger partial charge < -0.3 is 10.6 Å². The molecule has 2 aliphatic heterocycles. The maximum atomic E-state index is 13.3. The number of hydrogen-bond donors (Lipinski definition) is 3. The third-order valence-corrected chi connectivity index (χ3v) is 10.9. The van der Waals surface area contributed by atoms with E-state index in [-0.39, 0.29) is 27.9 Å². The van der Waals surface area contributed by atoms with Crippen LogP contribution < -0.4 is 16.0 Å². The molecule has 1 aromatic heterocycles. The predicted molar refractivity (Wildman–Crippen MR) is 167 cm³/mol. The van der Waals surface area contributed by atoms with E-state index in [4.69, 9.17) is 0 Å². The van der Waals surface area contributed by atoms with Crippen LogP contribution in [0, 0.1) is 11.8 Å². The van der Waals surface area contributed by atoms with Gasteiger partial charge in [-0.1, -0.05) is 44.2 Å². The molecule has 5 rings (SSSR count). The number of carbonyl (C=O) groups is 3. The maximum absolute atomic E-state index is 13.3. The van der Waals surface area contributed by atoms with Crippen molar-refractivity contribution in [2.45, 2.75) is 44.7 Å². The monoisotopic (exact) mass is 623 g/mol. The number of carbonyl (C=O) groups excluding carboxylic acids is 3. The first kappa shape index (κ1) is 30.9. The van der Waals surface area contributed by atoms with Crippen LogP contribution in [0.15, 0.2) is 59.5 Å². The number of fused-ring (bicyclic) bond motifs is 1. The number of urea groups is 1. The molecule has 3 heterocycles. The Bertz CT molecular complexity index is 1600. The lowest BCUT2D eigenvalue weighted by molar-refractivity contribution is 0.0964. The number of thiophene rings is 1. The van der Waals surface area contributed by atoms with Crippen molar-refractivity contribution >= 4 is 44.2 Å². The molecule has 3 aromatic rings. The summed E-state index contributed by atoms with van der Waals surface area (Å²) in [5.74, 6) is -0.506. The molecular weight excluding hydrogens is 587 g/mol. The van der Waals surface area contributed by atoms with E-state index >= 15 is 0 Å². The van der Waals surface area contributed by atoms with Crippen molar-refractivity contribution in [2.75, 3.05) is 32.0 Å². The lowest BCUT2D eigenvalue weighted by Gasteiger charge is -2.34. The minimum absolute atomic E-state index is 0.140. The molecule has 3 N–H and O–H groups in total. The van der Waals surface area contributed by atoms with Crippen LogP contribution in [0.2, 0.25) is 0 Å². The highest BCUT2D eigenvalue weighted by atomic mass is 32.2. The Morgan fingerprint density at radius 1 is 0.953 bits per heavy atom. The van der Waals surface area contributed by atoms with Crippen molar-refractivity contribution in [1.82, 2.24) is 19.8 Å². The van der Waals surface area contributed by atoms with Gasteiger partial charge in [0, 0.05) is 50.2 Å². The number of anilines is 1. The zero-order valence-electron chi connectivity index (χ0n) is 24.6. The molecule has 0 radical (unpaired) electrons. The van der Waals surface area contributed by atoms with Gasteiger partial charge in [0.25, 0.3) is 11.8 Å². The van der Waals surface area contributed by atoms with E-state index in [1.54, 1.807) is 0 Å². The van der Waals surface area contributed by atoms with Crippen molar-refractivity contribution in [1.29, 1.82) is 0 Å². The Labute approximate surface area is 256 Å². The van der Waals surface area contributed by atoms with Gasteiger partial charge in [0.2, 0.25) is 10.0 Å². The van der Waals surface area contributed by atoms with Crippen LogP contribution in [0.25, 0.3) is 0 Å². The van der Waals surface area contributed by atoms with Crippen LogP contribution in [0.1, 0.15) is 57.0 Å². The fourth-order valence-electron chi connectivity index (χ4n) is 5.89. The number of amides is 4. The molecule has 2 unspecified atom stereocenters. The summed E-state index contributed by atoms with van der Waals surface area (Å²) in [6, 6.07) is 15.4. The lowest BCUT2D eigenvalue weighted by Crippen LogP contribution is -2.42. The first-order valence-electron chi connectivity index (χ1n) is 14.4. The van der Waals surface area contributed by atoms with Crippen molar-refractivity contribution in [3.05, 3.63) is 81.7 Å². The summed E-state index contributed by atoms with van der Waals surface area (Å²) in [5, 5.41) is 7.93. The van der Waals surface area contributed by atoms with Gasteiger partial charge in [-0.15, -0.1) is 11.3 Å². The van der Waals surface area contributed by atoms with Gasteiger partial charge in [-0.2, -0.15) is 4.31 Å². The summed E-state index contributed by atoms with van der Waals surface area (Å²) < 4.78 is 28.1. The van der Waals surface area contributed by atoms with Gasteiger partial charge in [0.1, 0.15) is 5.00 Å². The van der Waals surface area contributed by atoms with Crippen molar-refractivity contribution in [3.8, 4) is 0 Å². The normalized spacial score (nSPS) is 19.3. The average Bonchev–Trinajstić information content (AvgIpc) is 3.34. The first-order chi connectivity index (χ1) is 20.5. The molecule has 0 bridgehead atoms. The highest BCUT2D eigenvalue weighted by Gasteiger charge is 2.32. The first-order valence-corrected chi connectivity index (χ1v) is 16.7. The highest BCUT2D eigenvalue weighted by molar-refractivity contribution is 7.89. The van der Waals surface area contributed by atoms with Gasteiger partial charge in [-0.05, 0) is 60.1 Å². The minimum atomic E-state index is -3.68. The van der Waals surface area contributed by atoms with E-state index in [1.165, 1.54) is 52.5 Å².